The summed E-state index contributed by atoms with van der Waals surface area (Å²) >= 11 is 0. The highest BCUT2D eigenvalue weighted by Gasteiger charge is 2.34. The van der Waals surface area contributed by atoms with Crippen molar-refractivity contribution in [2.24, 2.45) is 5.92 Å². The molecule has 82 valence electrons. The molecule has 1 atom stereocenters. The van der Waals surface area contributed by atoms with Crippen LogP contribution in [0.15, 0.2) is 0 Å². The van der Waals surface area contributed by atoms with Crippen molar-refractivity contribution in [1.29, 1.82) is 0 Å². The Balaban J connectivity index is 2.31. The molecule has 14 heavy (non-hydrogen) atoms. The monoisotopic (exact) mass is 211 g/mol. The van der Waals surface area contributed by atoms with Crippen LogP contribution in [0.4, 0.5) is 13.2 Å². The summed E-state index contributed by atoms with van der Waals surface area (Å²) in [5.41, 5.74) is 0. The Kier molecular flexibility index (Phi) is 3.36. The first-order chi connectivity index (χ1) is 6.37. The molecule has 6 heteroatoms. The minimum atomic E-state index is -4.18. The summed E-state index contributed by atoms with van der Waals surface area (Å²) in [6.45, 7) is -0.341. The van der Waals surface area contributed by atoms with Crippen molar-refractivity contribution in [3.63, 3.8) is 0 Å². The van der Waals surface area contributed by atoms with Crippen molar-refractivity contribution >= 4 is 5.97 Å². The predicted octanol–water partition coefficient (Wildman–Crippen LogP) is 1.35. The van der Waals surface area contributed by atoms with Gasteiger partial charge in [-0.15, -0.1) is 0 Å². The van der Waals surface area contributed by atoms with Crippen molar-refractivity contribution in [3.05, 3.63) is 0 Å². The number of carbonyl (C=O) groups is 1. The lowest BCUT2D eigenvalue weighted by Crippen LogP contribution is -2.32. The fourth-order valence-corrected chi connectivity index (χ4v) is 1.72. The van der Waals surface area contributed by atoms with Crippen LogP contribution >= 0.6 is 0 Å². The highest BCUT2D eigenvalue weighted by Crippen LogP contribution is 2.24. The van der Waals surface area contributed by atoms with Gasteiger partial charge in [0.1, 0.15) is 0 Å². The molecule has 1 aliphatic rings. The second kappa shape index (κ2) is 4.16. The number of alkyl halides is 3. The maximum Gasteiger partial charge on any atom is 0.401 e. The van der Waals surface area contributed by atoms with Crippen LogP contribution in [-0.2, 0) is 4.79 Å². The molecule has 0 aromatic heterocycles. The van der Waals surface area contributed by atoms with Crippen molar-refractivity contribution in [2.75, 3.05) is 19.6 Å². The Labute approximate surface area is 79.5 Å². The smallest absolute Gasteiger partial charge is 0.401 e. The molecule has 0 saturated carbocycles. The third-order valence-electron chi connectivity index (χ3n) is 2.24. The first-order valence-electron chi connectivity index (χ1n) is 4.38. The molecule has 0 bridgehead atoms. The van der Waals surface area contributed by atoms with Gasteiger partial charge in [-0.05, 0) is 18.9 Å². The lowest BCUT2D eigenvalue weighted by atomic mass is 10.1. The Morgan fingerprint density at radius 1 is 1.50 bits per heavy atom. The predicted molar refractivity (Wildman–Crippen MR) is 42.9 cm³/mol. The quantitative estimate of drug-likeness (QED) is 0.765. The molecule has 0 aromatic carbocycles. The van der Waals surface area contributed by atoms with E-state index in [1.807, 2.05) is 0 Å². The third kappa shape index (κ3) is 3.95. The van der Waals surface area contributed by atoms with Crippen LogP contribution in [0.25, 0.3) is 0 Å². The number of halogens is 3. The number of nitrogens with zero attached hydrogens (tertiary/aromatic N) is 1. The van der Waals surface area contributed by atoms with Crippen LogP contribution < -0.4 is 0 Å². The zero-order valence-electron chi connectivity index (χ0n) is 7.55. The summed E-state index contributed by atoms with van der Waals surface area (Å²) in [7, 11) is 0. The number of hydrogen-bond donors (Lipinski definition) is 1. The molecule has 0 spiro atoms. The van der Waals surface area contributed by atoms with Crippen LogP contribution in [0.3, 0.4) is 0 Å². The molecule has 0 amide bonds. The lowest BCUT2D eigenvalue weighted by molar-refractivity contribution is -0.143. The fraction of sp³-hybridized carbons (Fsp3) is 0.875. The highest BCUT2D eigenvalue weighted by atomic mass is 19.4. The second-order valence-electron chi connectivity index (χ2n) is 3.60. The van der Waals surface area contributed by atoms with Gasteiger partial charge in [0, 0.05) is 13.0 Å². The highest BCUT2D eigenvalue weighted by molar-refractivity contribution is 5.67. The van der Waals surface area contributed by atoms with E-state index in [0.717, 1.165) is 0 Å². The van der Waals surface area contributed by atoms with Gasteiger partial charge in [-0.2, -0.15) is 13.2 Å². The van der Waals surface area contributed by atoms with Gasteiger partial charge in [0.15, 0.2) is 0 Å². The van der Waals surface area contributed by atoms with Crippen molar-refractivity contribution in [2.45, 2.75) is 19.0 Å². The molecule has 0 aliphatic carbocycles. The molecule has 1 rings (SSSR count). The molecule has 1 fully saturated rings. The maximum absolute atomic E-state index is 11.9. The molecule has 1 N–H and O–H groups in total. The van der Waals surface area contributed by atoms with Crippen LogP contribution in [0, 0.1) is 5.92 Å². The van der Waals surface area contributed by atoms with E-state index in [4.69, 9.17) is 5.11 Å². The minimum absolute atomic E-state index is 0.0334. The molecule has 1 saturated heterocycles. The van der Waals surface area contributed by atoms with Crippen molar-refractivity contribution in [1.82, 2.24) is 4.90 Å². The fourth-order valence-electron chi connectivity index (χ4n) is 1.72. The van der Waals surface area contributed by atoms with Gasteiger partial charge < -0.3 is 5.11 Å². The SMILES string of the molecule is O=C(O)CC1CCN(CC(F)(F)F)C1. The Morgan fingerprint density at radius 2 is 2.14 bits per heavy atom. The van der Waals surface area contributed by atoms with E-state index in [9.17, 15) is 18.0 Å². The summed E-state index contributed by atoms with van der Waals surface area (Å²) in [5, 5.41) is 8.45. The number of rotatable bonds is 3. The van der Waals surface area contributed by atoms with Gasteiger partial charge in [-0.3, -0.25) is 9.69 Å². The summed E-state index contributed by atoms with van der Waals surface area (Å²) in [6, 6.07) is 0. The largest absolute Gasteiger partial charge is 0.481 e. The molecule has 0 radical (unpaired) electrons. The zero-order chi connectivity index (χ0) is 10.8. The number of hydrogen-bond acceptors (Lipinski definition) is 2. The second-order valence-corrected chi connectivity index (χ2v) is 3.60. The standard InChI is InChI=1S/C8H12F3NO2/c9-8(10,11)5-12-2-1-6(4-12)3-7(13)14/h6H,1-5H2,(H,13,14). The van der Waals surface area contributed by atoms with Gasteiger partial charge in [0.25, 0.3) is 0 Å². The summed E-state index contributed by atoms with van der Waals surface area (Å²) in [6.07, 6.45) is -3.67. The van der Waals surface area contributed by atoms with Crippen LogP contribution in [-0.4, -0.2) is 41.8 Å². The van der Waals surface area contributed by atoms with E-state index in [1.165, 1.54) is 4.90 Å². The molecule has 0 aromatic rings. The summed E-state index contributed by atoms with van der Waals surface area (Å²) in [5.74, 6) is -1.07. The van der Waals surface area contributed by atoms with E-state index in [-0.39, 0.29) is 18.9 Å². The van der Waals surface area contributed by atoms with Gasteiger partial charge in [-0.25, -0.2) is 0 Å². The van der Waals surface area contributed by atoms with Gasteiger partial charge in [-0.1, -0.05) is 0 Å². The summed E-state index contributed by atoms with van der Waals surface area (Å²) < 4.78 is 35.8. The molecule has 1 aliphatic heterocycles. The topological polar surface area (TPSA) is 40.5 Å². The van der Waals surface area contributed by atoms with E-state index in [1.54, 1.807) is 0 Å². The van der Waals surface area contributed by atoms with Gasteiger partial charge in [0.05, 0.1) is 6.54 Å². The van der Waals surface area contributed by atoms with E-state index < -0.39 is 18.7 Å². The molecule has 3 nitrogen and oxygen atoms in total. The molecule has 1 heterocycles. The molecule has 1 unspecified atom stereocenters. The Hall–Kier alpha value is -0.780. The first kappa shape index (κ1) is 11.3. The van der Waals surface area contributed by atoms with Crippen LogP contribution in [0.1, 0.15) is 12.8 Å². The number of likely N-dealkylation sites (tertiary alicyclic amines) is 1. The summed E-state index contributed by atoms with van der Waals surface area (Å²) in [4.78, 5) is 11.6. The average Bonchev–Trinajstić information content (AvgIpc) is 2.30. The van der Waals surface area contributed by atoms with Gasteiger partial charge in [0.2, 0.25) is 0 Å². The normalized spacial score (nSPS) is 24.1. The third-order valence-corrected chi connectivity index (χ3v) is 2.24. The lowest BCUT2D eigenvalue weighted by Gasteiger charge is -2.17. The van der Waals surface area contributed by atoms with Crippen molar-refractivity contribution in [3.8, 4) is 0 Å². The van der Waals surface area contributed by atoms with Crippen LogP contribution in [0.2, 0.25) is 0 Å². The van der Waals surface area contributed by atoms with E-state index in [2.05, 4.69) is 0 Å². The van der Waals surface area contributed by atoms with E-state index in [0.29, 0.717) is 13.0 Å². The van der Waals surface area contributed by atoms with Crippen LogP contribution in [0.5, 0.6) is 0 Å². The average molecular weight is 211 g/mol. The van der Waals surface area contributed by atoms with Crippen molar-refractivity contribution < 1.29 is 23.1 Å². The Bertz CT molecular complexity index is 217. The number of aliphatic carboxylic acids is 1. The number of carboxylic acid groups (broad SMARTS) is 1. The van der Waals surface area contributed by atoms with E-state index >= 15 is 0 Å². The minimum Gasteiger partial charge on any atom is -0.481 e. The molecular formula is C8H12F3NO2. The number of carboxylic acids is 1. The first-order valence-corrected chi connectivity index (χ1v) is 4.38. The maximum atomic E-state index is 11.9. The Morgan fingerprint density at radius 3 is 2.64 bits per heavy atom. The van der Waals surface area contributed by atoms with Gasteiger partial charge >= 0.3 is 12.1 Å². The zero-order valence-corrected chi connectivity index (χ0v) is 7.55. The molecular weight excluding hydrogens is 199 g/mol.